The highest BCUT2D eigenvalue weighted by Gasteiger charge is 2.29. The van der Waals surface area contributed by atoms with Crippen LogP contribution < -0.4 is 5.32 Å². The van der Waals surface area contributed by atoms with Crippen molar-refractivity contribution in [2.24, 2.45) is 0 Å². The van der Waals surface area contributed by atoms with Crippen LogP contribution in [0.15, 0.2) is 23.2 Å². The van der Waals surface area contributed by atoms with Crippen molar-refractivity contribution >= 4 is 15.8 Å². The average Bonchev–Trinajstić information content (AvgIpc) is 2.43. The number of hydrogen-bond donors (Lipinski definition) is 1. The molecule has 0 amide bonds. The summed E-state index contributed by atoms with van der Waals surface area (Å²) < 4.78 is 27.4. The van der Waals surface area contributed by atoms with Crippen LogP contribution in [0.4, 0.5) is 5.82 Å². The molecule has 1 rings (SSSR count). The Balaban J connectivity index is 3.11. The summed E-state index contributed by atoms with van der Waals surface area (Å²) in [6, 6.07) is 3.22. The third-order valence-electron chi connectivity index (χ3n) is 3.26. The van der Waals surface area contributed by atoms with Crippen LogP contribution in [0, 0.1) is 0 Å². The summed E-state index contributed by atoms with van der Waals surface area (Å²) in [5, 5.41) is 3.03. The SMILES string of the molecule is CCCCCN(C(C)C)S(=O)(=O)c1cccnc1NCC. The molecular formula is C15H27N3O2S. The Morgan fingerprint density at radius 1 is 1.29 bits per heavy atom. The minimum absolute atomic E-state index is 0.0680. The molecule has 1 heterocycles. The van der Waals surface area contributed by atoms with E-state index in [0.29, 0.717) is 18.9 Å². The Kier molecular flexibility index (Phi) is 7.11. The van der Waals surface area contributed by atoms with Crippen molar-refractivity contribution in [2.45, 2.75) is 57.9 Å². The van der Waals surface area contributed by atoms with Gasteiger partial charge in [-0.1, -0.05) is 19.8 Å². The van der Waals surface area contributed by atoms with Crippen molar-refractivity contribution < 1.29 is 8.42 Å². The van der Waals surface area contributed by atoms with Crippen molar-refractivity contribution in [2.75, 3.05) is 18.4 Å². The standard InChI is InChI=1S/C15H27N3O2S/c1-5-7-8-12-18(13(3)4)21(19,20)14-10-9-11-17-15(14)16-6-2/h9-11,13H,5-8,12H2,1-4H3,(H,16,17). The van der Waals surface area contributed by atoms with Crippen LogP contribution in [-0.2, 0) is 10.0 Å². The molecule has 0 atom stereocenters. The fraction of sp³-hybridized carbons (Fsp3) is 0.667. The van der Waals surface area contributed by atoms with Crippen LogP contribution in [0.3, 0.4) is 0 Å². The summed E-state index contributed by atoms with van der Waals surface area (Å²) in [5.41, 5.74) is 0. The molecule has 1 aromatic heterocycles. The number of anilines is 1. The molecule has 0 fully saturated rings. The molecule has 0 saturated heterocycles. The summed E-state index contributed by atoms with van der Waals surface area (Å²) in [7, 11) is -3.53. The Morgan fingerprint density at radius 3 is 2.57 bits per heavy atom. The Bertz CT molecular complexity index is 529. The minimum Gasteiger partial charge on any atom is -0.369 e. The van der Waals surface area contributed by atoms with Crippen LogP contribution >= 0.6 is 0 Å². The molecule has 0 unspecified atom stereocenters. The molecule has 0 aliphatic carbocycles. The van der Waals surface area contributed by atoms with Gasteiger partial charge in [-0.05, 0) is 39.3 Å². The highest BCUT2D eigenvalue weighted by molar-refractivity contribution is 7.89. The van der Waals surface area contributed by atoms with Crippen LogP contribution in [-0.4, -0.2) is 36.8 Å². The summed E-state index contributed by atoms with van der Waals surface area (Å²) in [5.74, 6) is 0.432. The van der Waals surface area contributed by atoms with Gasteiger partial charge in [0, 0.05) is 25.3 Å². The van der Waals surface area contributed by atoms with Gasteiger partial charge >= 0.3 is 0 Å². The van der Waals surface area contributed by atoms with Crippen LogP contribution in [0.2, 0.25) is 0 Å². The van der Waals surface area contributed by atoms with Crippen molar-refractivity contribution in [3.05, 3.63) is 18.3 Å². The third kappa shape index (κ3) is 4.68. The number of nitrogens with one attached hydrogen (secondary N) is 1. The molecule has 1 aromatic rings. The molecule has 6 heteroatoms. The predicted octanol–water partition coefficient (Wildman–Crippen LogP) is 3.10. The molecule has 0 aliphatic rings. The van der Waals surface area contributed by atoms with Crippen LogP contribution in [0.1, 0.15) is 47.0 Å². The van der Waals surface area contributed by atoms with Gasteiger partial charge in [-0.15, -0.1) is 0 Å². The molecule has 0 spiro atoms. The number of sulfonamides is 1. The lowest BCUT2D eigenvalue weighted by Gasteiger charge is -2.26. The van der Waals surface area contributed by atoms with E-state index in [1.54, 1.807) is 22.6 Å². The second kappa shape index (κ2) is 8.34. The van der Waals surface area contributed by atoms with Gasteiger partial charge in [0.2, 0.25) is 10.0 Å². The quantitative estimate of drug-likeness (QED) is 0.712. The van der Waals surface area contributed by atoms with Gasteiger partial charge < -0.3 is 5.32 Å². The highest BCUT2D eigenvalue weighted by atomic mass is 32.2. The molecule has 0 saturated carbocycles. The van der Waals surface area contributed by atoms with E-state index in [0.717, 1.165) is 19.3 Å². The van der Waals surface area contributed by atoms with E-state index >= 15 is 0 Å². The van der Waals surface area contributed by atoms with Gasteiger partial charge in [0.05, 0.1) is 0 Å². The predicted molar refractivity (Wildman–Crippen MR) is 87.0 cm³/mol. The van der Waals surface area contributed by atoms with E-state index in [4.69, 9.17) is 0 Å². The summed E-state index contributed by atoms with van der Waals surface area (Å²) >= 11 is 0. The number of nitrogens with zero attached hydrogens (tertiary/aromatic N) is 2. The summed E-state index contributed by atoms with van der Waals surface area (Å²) in [6.07, 6.45) is 4.59. The maximum atomic E-state index is 12.9. The first-order chi connectivity index (χ1) is 9.95. The number of rotatable bonds is 9. The summed E-state index contributed by atoms with van der Waals surface area (Å²) in [4.78, 5) is 4.42. The van der Waals surface area contributed by atoms with E-state index in [2.05, 4.69) is 17.2 Å². The Morgan fingerprint density at radius 2 is 2.00 bits per heavy atom. The van der Waals surface area contributed by atoms with Gasteiger partial charge in [-0.2, -0.15) is 4.31 Å². The van der Waals surface area contributed by atoms with E-state index < -0.39 is 10.0 Å². The monoisotopic (exact) mass is 313 g/mol. The molecule has 21 heavy (non-hydrogen) atoms. The number of pyridine rings is 1. The van der Waals surface area contributed by atoms with Gasteiger partial charge in [-0.3, -0.25) is 0 Å². The molecule has 5 nitrogen and oxygen atoms in total. The van der Waals surface area contributed by atoms with Crippen molar-refractivity contribution in [1.82, 2.24) is 9.29 Å². The first-order valence-electron chi connectivity index (χ1n) is 7.65. The van der Waals surface area contributed by atoms with Crippen molar-refractivity contribution in [1.29, 1.82) is 0 Å². The number of aromatic nitrogens is 1. The normalized spacial score (nSPS) is 12.1. The molecule has 0 bridgehead atoms. The van der Waals surface area contributed by atoms with Crippen molar-refractivity contribution in [3.63, 3.8) is 0 Å². The zero-order valence-electron chi connectivity index (χ0n) is 13.5. The average molecular weight is 313 g/mol. The zero-order valence-corrected chi connectivity index (χ0v) is 14.3. The van der Waals surface area contributed by atoms with Gasteiger partial charge in [0.1, 0.15) is 10.7 Å². The van der Waals surface area contributed by atoms with E-state index in [9.17, 15) is 8.42 Å². The molecule has 0 radical (unpaired) electrons. The number of unbranched alkanes of at least 4 members (excludes halogenated alkanes) is 2. The lowest BCUT2D eigenvalue weighted by atomic mass is 10.2. The minimum atomic E-state index is -3.53. The van der Waals surface area contributed by atoms with Crippen LogP contribution in [0.25, 0.3) is 0 Å². The molecular weight excluding hydrogens is 286 g/mol. The van der Waals surface area contributed by atoms with Crippen molar-refractivity contribution in [3.8, 4) is 0 Å². The third-order valence-corrected chi connectivity index (χ3v) is 5.37. The van der Waals surface area contributed by atoms with Gasteiger partial charge in [0.25, 0.3) is 0 Å². The topological polar surface area (TPSA) is 62.3 Å². The largest absolute Gasteiger partial charge is 0.369 e. The smallest absolute Gasteiger partial charge is 0.246 e. The highest BCUT2D eigenvalue weighted by Crippen LogP contribution is 2.24. The second-order valence-electron chi connectivity index (χ2n) is 5.30. The Labute approximate surface area is 128 Å². The van der Waals surface area contributed by atoms with E-state index in [1.807, 2.05) is 20.8 Å². The van der Waals surface area contributed by atoms with Gasteiger partial charge in [0.15, 0.2) is 0 Å². The fourth-order valence-corrected chi connectivity index (χ4v) is 4.00. The second-order valence-corrected chi connectivity index (χ2v) is 7.16. The molecule has 0 aromatic carbocycles. The molecule has 1 N–H and O–H groups in total. The maximum Gasteiger partial charge on any atom is 0.246 e. The first-order valence-corrected chi connectivity index (χ1v) is 9.09. The fourth-order valence-electron chi connectivity index (χ4n) is 2.20. The van der Waals surface area contributed by atoms with E-state index in [-0.39, 0.29) is 10.9 Å². The maximum absolute atomic E-state index is 12.9. The lowest BCUT2D eigenvalue weighted by Crippen LogP contribution is -2.38. The Hall–Kier alpha value is -1.14. The number of hydrogen-bond acceptors (Lipinski definition) is 4. The molecule has 120 valence electrons. The van der Waals surface area contributed by atoms with Gasteiger partial charge in [-0.25, -0.2) is 13.4 Å². The zero-order chi connectivity index (χ0) is 15.9. The molecule has 0 aliphatic heterocycles. The van der Waals surface area contributed by atoms with E-state index in [1.165, 1.54) is 0 Å². The lowest BCUT2D eigenvalue weighted by molar-refractivity contribution is 0.345. The van der Waals surface area contributed by atoms with Crippen LogP contribution in [0.5, 0.6) is 0 Å². The summed E-state index contributed by atoms with van der Waals surface area (Å²) in [6.45, 7) is 9.04. The first kappa shape index (κ1) is 17.9.